The maximum Gasteiger partial charge on any atom is 0.338 e. The Labute approximate surface area is 277 Å². The number of nitriles is 1. The molecule has 0 radical (unpaired) electrons. The first kappa shape index (κ1) is 31.0. The van der Waals surface area contributed by atoms with Crippen LogP contribution < -0.4 is 15.2 Å². The van der Waals surface area contributed by atoms with Crippen LogP contribution in [0.15, 0.2) is 46.8 Å². The lowest BCUT2D eigenvalue weighted by Crippen LogP contribution is -2.56. The van der Waals surface area contributed by atoms with E-state index in [-0.39, 0.29) is 40.8 Å². The van der Waals surface area contributed by atoms with Crippen molar-refractivity contribution in [1.29, 1.82) is 5.26 Å². The van der Waals surface area contributed by atoms with Crippen molar-refractivity contribution < 1.29 is 19.0 Å². The van der Waals surface area contributed by atoms with Gasteiger partial charge < -0.3 is 14.7 Å². The number of alkyl halides is 1. The number of aromatic nitrogens is 4. The van der Waals surface area contributed by atoms with Crippen molar-refractivity contribution in [1.82, 2.24) is 24.4 Å². The van der Waals surface area contributed by atoms with Crippen LogP contribution in [0.3, 0.4) is 0 Å². The van der Waals surface area contributed by atoms with Crippen LogP contribution in [0.1, 0.15) is 34.6 Å². The van der Waals surface area contributed by atoms with Gasteiger partial charge in [0.25, 0.3) is 5.56 Å². The van der Waals surface area contributed by atoms with Crippen molar-refractivity contribution >= 4 is 55.8 Å². The maximum absolute atomic E-state index is 14.0. The van der Waals surface area contributed by atoms with Gasteiger partial charge in [-0.1, -0.05) is 11.6 Å². The van der Waals surface area contributed by atoms with Gasteiger partial charge in [0, 0.05) is 59.4 Å². The van der Waals surface area contributed by atoms with Gasteiger partial charge in [-0.2, -0.15) is 5.26 Å². The molecule has 11 nitrogen and oxygen atoms in total. The van der Waals surface area contributed by atoms with Crippen molar-refractivity contribution in [3.8, 4) is 22.9 Å². The molecule has 1 saturated carbocycles. The van der Waals surface area contributed by atoms with Crippen LogP contribution in [0.25, 0.3) is 32.2 Å². The summed E-state index contributed by atoms with van der Waals surface area (Å²) in [6, 6.07) is 9.19. The first-order chi connectivity index (χ1) is 22.7. The van der Waals surface area contributed by atoms with E-state index in [1.54, 1.807) is 49.0 Å². The Morgan fingerprint density at radius 2 is 2.04 bits per heavy atom. The van der Waals surface area contributed by atoms with Crippen LogP contribution in [0.2, 0.25) is 5.02 Å². The number of pyridine rings is 2. The van der Waals surface area contributed by atoms with Gasteiger partial charge in [0.1, 0.15) is 42.3 Å². The molecule has 4 aromatic heterocycles. The van der Waals surface area contributed by atoms with Gasteiger partial charge in [0.05, 0.1) is 39.4 Å². The SMILES string of the molecule is Cc1nc2cnc(N3CCN(CCF)C4(CC4)C3)c(C#N)c2c(=O)n1CCOc1ccc(Cl)cc1-c1ccnc2c(C(=O)O)csc12. The number of benzene rings is 1. The zero-order valence-electron chi connectivity index (χ0n) is 25.4. The minimum atomic E-state index is -1.06. The Morgan fingerprint density at radius 3 is 2.79 bits per heavy atom. The summed E-state index contributed by atoms with van der Waals surface area (Å²) in [5, 5.41) is 22.1. The van der Waals surface area contributed by atoms with Crippen molar-refractivity contribution in [2.24, 2.45) is 0 Å². The lowest BCUT2D eigenvalue weighted by Gasteiger charge is -2.42. The van der Waals surface area contributed by atoms with Crippen LogP contribution in [0.4, 0.5) is 10.2 Å². The molecule has 5 heterocycles. The highest BCUT2D eigenvalue weighted by Gasteiger charge is 2.51. The average molecular weight is 674 g/mol. The molecule has 2 fully saturated rings. The second-order valence-corrected chi connectivity index (χ2v) is 13.1. The van der Waals surface area contributed by atoms with Crippen LogP contribution in [0.5, 0.6) is 5.75 Å². The van der Waals surface area contributed by atoms with E-state index in [9.17, 15) is 24.3 Å². The number of ether oxygens (including phenoxy) is 1. The molecule has 14 heteroatoms. The Bertz CT molecular complexity index is 2160. The molecule has 240 valence electrons. The molecule has 0 amide bonds. The van der Waals surface area contributed by atoms with E-state index in [1.807, 2.05) is 4.90 Å². The summed E-state index contributed by atoms with van der Waals surface area (Å²) >= 11 is 7.65. The average Bonchev–Trinajstić information content (AvgIpc) is 3.68. The molecule has 1 N–H and O–H groups in total. The molecule has 7 rings (SSSR count). The number of halogens is 2. The number of carbonyl (C=O) groups is 1. The van der Waals surface area contributed by atoms with E-state index in [2.05, 4.69) is 25.9 Å². The lowest BCUT2D eigenvalue weighted by atomic mass is 10.0. The predicted octanol–water partition coefficient (Wildman–Crippen LogP) is 5.30. The van der Waals surface area contributed by atoms with E-state index in [0.29, 0.717) is 69.9 Å². The zero-order valence-corrected chi connectivity index (χ0v) is 26.9. The van der Waals surface area contributed by atoms with E-state index in [0.717, 1.165) is 18.4 Å². The fourth-order valence-electron chi connectivity index (χ4n) is 6.56. The van der Waals surface area contributed by atoms with Crippen molar-refractivity contribution in [2.75, 3.05) is 44.4 Å². The third kappa shape index (κ3) is 5.46. The summed E-state index contributed by atoms with van der Waals surface area (Å²) in [5.41, 5.74) is 1.95. The van der Waals surface area contributed by atoms with E-state index >= 15 is 0 Å². The molecule has 0 atom stereocenters. The van der Waals surface area contributed by atoms with Gasteiger partial charge in [-0.25, -0.2) is 19.2 Å². The summed E-state index contributed by atoms with van der Waals surface area (Å²) in [5.74, 6) is 0.342. The topological polar surface area (TPSA) is 137 Å². The molecule has 2 aliphatic rings. The third-order valence-corrected chi connectivity index (χ3v) is 10.3. The Kier molecular flexibility index (Phi) is 8.03. The van der Waals surface area contributed by atoms with Gasteiger partial charge in [0.15, 0.2) is 0 Å². The third-order valence-electron chi connectivity index (χ3n) is 9.05. The molecule has 1 aliphatic carbocycles. The second kappa shape index (κ2) is 12.2. The van der Waals surface area contributed by atoms with Crippen LogP contribution >= 0.6 is 22.9 Å². The molecule has 0 unspecified atom stereocenters. The van der Waals surface area contributed by atoms with Crippen LogP contribution in [-0.2, 0) is 6.54 Å². The lowest BCUT2D eigenvalue weighted by molar-refractivity contribution is 0.0699. The minimum absolute atomic E-state index is 0.0977. The van der Waals surface area contributed by atoms with Gasteiger partial charge >= 0.3 is 5.97 Å². The summed E-state index contributed by atoms with van der Waals surface area (Å²) < 4.78 is 21.6. The largest absolute Gasteiger partial charge is 0.491 e. The molecule has 1 spiro atoms. The Morgan fingerprint density at radius 1 is 1.21 bits per heavy atom. The number of carboxylic acids is 1. The van der Waals surface area contributed by atoms with E-state index < -0.39 is 12.6 Å². The molecular weight excluding hydrogens is 645 g/mol. The highest BCUT2D eigenvalue weighted by molar-refractivity contribution is 7.18. The van der Waals surface area contributed by atoms with Gasteiger partial charge in [-0.15, -0.1) is 11.3 Å². The minimum Gasteiger partial charge on any atom is -0.491 e. The fourth-order valence-corrected chi connectivity index (χ4v) is 7.76. The molecule has 47 heavy (non-hydrogen) atoms. The monoisotopic (exact) mass is 673 g/mol. The number of anilines is 1. The summed E-state index contributed by atoms with van der Waals surface area (Å²) in [6.07, 6.45) is 5.02. The fraction of sp³-hybridized carbons (Fsp3) is 0.333. The number of hydrogen-bond donors (Lipinski definition) is 1. The van der Waals surface area contributed by atoms with Crippen LogP contribution in [0, 0.1) is 18.3 Å². The Hall–Kier alpha value is -4.64. The number of piperazine rings is 1. The number of nitrogens with zero attached hydrogens (tertiary/aromatic N) is 7. The maximum atomic E-state index is 14.0. The highest BCUT2D eigenvalue weighted by atomic mass is 35.5. The molecule has 1 aromatic carbocycles. The molecule has 5 aromatic rings. The second-order valence-electron chi connectivity index (χ2n) is 11.7. The van der Waals surface area contributed by atoms with Crippen molar-refractivity contribution in [3.63, 3.8) is 0 Å². The summed E-state index contributed by atoms with van der Waals surface area (Å²) in [4.78, 5) is 43.4. The standard InChI is InChI=1S/C33H29ClFN7O4S/c1-19-39-25-16-38-30(40-10-11-41(9-7-35)33(18-40)5-6-33)23(15-36)27(25)31(43)42(19)12-13-46-26-3-2-20(34)14-22(26)21-4-8-37-28-24(32(44)45)17-47-29(21)28/h2-4,8,14,16-17H,5-7,9-13,18H2,1H3,(H,44,45). The highest BCUT2D eigenvalue weighted by Crippen LogP contribution is 2.45. The van der Waals surface area contributed by atoms with E-state index in [1.165, 1.54) is 15.9 Å². The van der Waals surface area contributed by atoms with Crippen LogP contribution in [-0.4, -0.2) is 80.5 Å². The number of thiophene rings is 1. The number of carboxylic acid groups (broad SMARTS) is 1. The number of aromatic carboxylic acids is 1. The number of hydrogen-bond acceptors (Lipinski definition) is 10. The molecule has 1 aliphatic heterocycles. The van der Waals surface area contributed by atoms with Gasteiger partial charge in [0.2, 0.25) is 0 Å². The first-order valence-electron chi connectivity index (χ1n) is 15.1. The molecule has 0 bridgehead atoms. The zero-order chi connectivity index (χ0) is 32.9. The summed E-state index contributed by atoms with van der Waals surface area (Å²) in [7, 11) is 0. The normalized spacial score (nSPS) is 15.7. The number of aryl methyl sites for hydroxylation is 1. The quantitative estimate of drug-likeness (QED) is 0.219. The number of rotatable bonds is 9. The van der Waals surface area contributed by atoms with Crippen molar-refractivity contribution in [3.05, 3.63) is 74.4 Å². The molecular formula is C33H29ClFN7O4S. The van der Waals surface area contributed by atoms with Gasteiger partial charge in [-0.05, 0) is 44.0 Å². The predicted molar refractivity (Wildman–Crippen MR) is 177 cm³/mol. The molecule has 1 saturated heterocycles. The van der Waals surface area contributed by atoms with Crippen molar-refractivity contribution in [2.45, 2.75) is 31.8 Å². The summed E-state index contributed by atoms with van der Waals surface area (Å²) in [6.45, 7) is 3.82. The number of fused-ring (bicyclic) bond motifs is 2. The van der Waals surface area contributed by atoms with E-state index in [4.69, 9.17) is 16.3 Å². The smallest absolute Gasteiger partial charge is 0.338 e. The first-order valence-corrected chi connectivity index (χ1v) is 16.4. The Balaban J connectivity index is 1.18. The van der Waals surface area contributed by atoms with Gasteiger partial charge in [-0.3, -0.25) is 19.2 Å².